The van der Waals surface area contributed by atoms with Gasteiger partial charge in [-0.15, -0.1) is 10.2 Å². The number of nitrogens with one attached hydrogen (secondary N) is 1. The fourth-order valence-electron chi connectivity index (χ4n) is 4.33. The molecule has 190 valence electrons. The number of rotatable bonds is 10. The monoisotopic (exact) mass is 492 g/mol. The SMILES string of the molecule is CCc1ccc(N(CC(=O)NC2CCCC2)C(=O)Cn2nnc(-c3ccc(OC)c(OC)c3)n2)cc1. The van der Waals surface area contributed by atoms with Gasteiger partial charge in [0.1, 0.15) is 13.1 Å². The number of nitrogens with zero attached hydrogens (tertiary/aromatic N) is 5. The predicted octanol–water partition coefficient (Wildman–Crippen LogP) is 3.01. The van der Waals surface area contributed by atoms with E-state index in [2.05, 4.69) is 27.7 Å². The highest BCUT2D eigenvalue weighted by atomic mass is 16.5. The Morgan fingerprint density at radius 1 is 1.06 bits per heavy atom. The Bertz CT molecular complexity index is 1190. The topological polar surface area (TPSA) is 111 Å². The summed E-state index contributed by atoms with van der Waals surface area (Å²) in [6.45, 7) is 1.84. The van der Waals surface area contributed by atoms with Crippen LogP contribution in [0.3, 0.4) is 0 Å². The summed E-state index contributed by atoms with van der Waals surface area (Å²) in [4.78, 5) is 28.8. The Hall–Kier alpha value is -3.95. The van der Waals surface area contributed by atoms with Crippen molar-refractivity contribution >= 4 is 17.5 Å². The van der Waals surface area contributed by atoms with Crippen LogP contribution >= 0.6 is 0 Å². The van der Waals surface area contributed by atoms with Crippen LogP contribution in [-0.2, 0) is 22.6 Å². The minimum Gasteiger partial charge on any atom is -0.493 e. The Morgan fingerprint density at radius 3 is 2.44 bits per heavy atom. The van der Waals surface area contributed by atoms with Gasteiger partial charge in [0.25, 0.3) is 5.91 Å². The van der Waals surface area contributed by atoms with E-state index in [4.69, 9.17) is 9.47 Å². The number of ether oxygens (including phenoxy) is 2. The third-order valence-electron chi connectivity index (χ3n) is 6.35. The van der Waals surface area contributed by atoms with Crippen LogP contribution in [0.2, 0.25) is 0 Å². The minimum atomic E-state index is -0.308. The molecule has 4 rings (SSSR count). The van der Waals surface area contributed by atoms with E-state index >= 15 is 0 Å². The number of hydrogen-bond donors (Lipinski definition) is 1. The number of benzene rings is 2. The average Bonchev–Trinajstić information content (AvgIpc) is 3.59. The summed E-state index contributed by atoms with van der Waals surface area (Å²) in [5.41, 5.74) is 2.48. The Morgan fingerprint density at radius 2 is 1.78 bits per heavy atom. The lowest BCUT2D eigenvalue weighted by Gasteiger charge is -2.23. The normalized spacial score (nSPS) is 13.4. The highest BCUT2D eigenvalue weighted by molar-refractivity contribution is 5.98. The number of tetrazole rings is 1. The molecule has 0 bridgehead atoms. The van der Waals surface area contributed by atoms with Gasteiger partial charge < -0.3 is 19.7 Å². The number of aryl methyl sites for hydroxylation is 1. The fraction of sp³-hybridized carbons (Fsp3) is 0.423. The quantitative estimate of drug-likeness (QED) is 0.463. The summed E-state index contributed by atoms with van der Waals surface area (Å²) >= 11 is 0. The number of anilines is 1. The molecule has 1 saturated carbocycles. The van der Waals surface area contributed by atoms with E-state index in [9.17, 15) is 9.59 Å². The molecule has 1 heterocycles. The highest BCUT2D eigenvalue weighted by Crippen LogP contribution is 2.30. The van der Waals surface area contributed by atoms with E-state index in [0.717, 1.165) is 37.7 Å². The number of hydrogen-bond acceptors (Lipinski definition) is 7. The third kappa shape index (κ3) is 5.99. The first-order valence-electron chi connectivity index (χ1n) is 12.2. The summed E-state index contributed by atoms with van der Waals surface area (Å²) in [6, 6.07) is 13.1. The maximum absolute atomic E-state index is 13.4. The van der Waals surface area contributed by atoms with Gasteiger partial charge in [-0.1, -0.05) is 31.9 Å². The Kier molecular flexibility index (Phi) is 8.14. The lowest BCUT2D eigenvalue weighted by molar-refractivity contribution is -0.124. The lowest BCUT2D eigenvalue weighted by atomic mass is 10.1. The molecule has 2 amide bonds. The summed E-state index contributed by atoms with van der Waals surface area (Å²) in [5.74, 6) is 0.993. The van der Waals surface area contributed by atoms with E-state index in [1.807, 2.05) is 24.3 Å². The molecule has 1 aromatic heterocycles. The van der Waals surface area contributed by atoms with Crippen LogP contribution in [0.25, 0.3) is 11.4 Å². The van der Waals surface area contributed by atoms with Crippen LogP contribution in [0.15, 0.2) is 42.5 Å². The first kappa shape index (κ1) is 25.2. The minimum absolute atomic E-state index is 0.0714. The van der Waals surface area contributed by atoms with Gasteiger partial charge in [-0.3, -0.25) is 9.59 Å². The van der Waals surface area contributed by atoms with Crippen LogP contribution < -0.4 is 19.7 Å². The second-order valence-electron chi connectivity index (χ2n) is 8.76. The van der Waals surface area contributed by atoms with E-state index < -0.39 is 0 Å². The van der Waals surface area contributed by atoms with Crippen molar-refractivity contribution in [1.29, 1.82) is 0 Å². The number of carbonyl (C=O) groups excluding carboxylic acids is 2. The van der Waals surface area contributed by atoms with Crippen molar-refractivity contribution in [2.75, 3.05) is 25.7 Å². The molecule has 0 unspecified atom stereocenters. The predicted molar refractivity (Wildman–Crippen MR) is 135 cm³/mol. The molecular formula is C26H32N6O4. The molecule has 0 saturated heterocycles. The molecule has 36 heavy (non-hydrogen) atoms. The molecule has 0 aliphatic heterocycles. The number of aromatic nitrogens is 4. The number of carbonyl (C=O) groups is 2. The molecule has 0 atom stereocenters. The molecule has 10 heteroatoms. The number of methoxy groups -OCH3 is 2. The molecule has 0 radical (unpaired) electrons. The Labute approximate surface area is 210 Å². The molecule has 1 aliphatic rings. The van der Waals surface area contributed by atoms with Crippen LogP contribution in [0.5, 0.6) is 11.5 Å². The van der Waals surface area contributed by atoms with Crippen LogP contribution in [-0.4, -0.2) is 58.8 Å². The van der Waals surface area contributed by atoms with Gasteiger partial charge >= 0.3 is 0 Å². The molecule has 0 spiro atoms. The van der Waals surface area contributed by atoms with Crippen LogP contribution in [0.1, 0.15) is 38.2 Å². The first-order chi connectivity index (χ1) is 17.5. The maximum atomic E-state index is 13.4. The van der Waals surface area contributed by atoms with Gasteiger partial charge in [0.2, 0.25) is 11.7 Å². The van der Waals surface area contributed by atoms with E-state index in [-0.39, 0.29) is 30.9 Å². The first-order valence-corrected chi connectivity index (χ1v) is 12.2. The van der Waals surface area contributed by atoms with Gasteiger partial charge in [0, 0.05) is 17.3 Å². The van der Waals surface area contributed by atoms with Gasteiger partial charge in [-0.25, -0.2) is 0 Å². The standard InChI is InChI=1S/C26H32N6O4/c1-4-18-9-12-21(13-10-18)31(16-24(33)27-20-7-5-6-8-20)25(34)17-32-29-26(28-30-32)19-11-14-22(35-2)23(15-19)36-3/h9-15,20H,4-8,16-17H2,1-3H3,(H,27,33). The molecule has 2 aromatic carbocycles. The van der Waals surface area contributed by atoms with Gasteiger partial charge in [0.05, 0.1) is 14.2 Å². The van der Waals surface area contributed by atoms with Crippen molar-refractivity contribution in [3.63, 3.8) is 0 Å². The van der Waals surface area contributed by atoms with Crippen molar-refractivity contribution in [2.45, 2.75) is 51.6 Å². The molecule has 3 aromatic rings. The van der Waals surface area contributed by atoms with Gasteiger partial charge in [-0.05, 0) is 60.4 Å². The Balaban J connectivity index is 1.50. The van der Waals surface area contributed by atoms with Crippen LogP contribution in [0.4, 0.5) is 5.69 Å². The molecular weight excluding hydrogens is 460 g/mol. The van der Waals surface area contributed by atoms with Gasteiger partial charge in [-0.2, -0.15) is 4.80 Å². The number of amides is 2. The van der Waals surface area contributed by atoms with E-state index in [0.29, 0.717) is 28.6 Å². The zero-order valence-electron chi connectivity index (χ0n) is 20.9. The summed E-state index contributed by atoms with van der Waals surface area (Å²) in [5, 5.41) is 15.6. The molecule has 10 nitrogen and oxygen atoms in total. The molecule has 1 aliphatic carbocycles. The molecule has 1 N–H and O–H groups in total. The largest absolute Gasteiger partial charge is 0.493 e. The summed E-state index contributed by atoms with van der Waals surface area (Å²) in [6.07, 6.45) is 5.08. The summed E-state index contributed by atoms with van der Waals surface area (Å²) < 4.78 is 10.6. The zero-order chi connectivity index (χ0) is 25.5. The maximum Gasteiger partial charge on any atom is 0.251 e. The van der Waals surface area contributed by atoms with Crippen LogP contribution in [0, 0.1) is 0 Å². The second-order valence-corrected chi connectivity index (χ2v) is 8.76. The average molecular weight is 493 g/mol. The van der Waals surface area contributed by atoms with E-state index in [1.54, 1.807) is 32.4 Å². The van der Waals surface area contributed by atoms with Crippen molar-refractivity contribution in [1.82, 2.24) is 25.5 Å². The van der Waals surface area contributed by atoms with Gasteiger partial charge in [0.15, 0.2) is 11.5 Å². The van der Waals surface area contributed by atoms with Crippen molar-refractivity contribution in [3.8, 4) is 22.9 Å². The smallest absolute Gasteiger partial charge is 0.251 e. The van der Waals surface area contributed by atoms with Crippen molar-refractivity contribution in [2.24, 2.45) is 0 Å². The molecule has 1 fully saturated rings. The van der Waals surface area contributed by atoms with Crippen molar-refractivity contribution in [3.05, 3.63) is 48.0 Å². The second kappa shape index (κ2) is 11.7. The third-order valence-corrected chi connectivity index (χ3v) is 6.35. The summed E-state index contributed by atoms with van der Waals surface area (Å²) in [7, 11) is 3.11. The van der Waals surface area contributed by atoms with Crippen molar-refractivity contribution < 1.29 is 19.1 Å². The van der Waals surface area contributed by atoms with E-state index in [1.165, 1.54) is 9.70 Å². The lowest BCUT2D eigenvalue weighted by Crippen LogP contribution is -2.44. The fourth-order valence-corrected chi connectivity index (χ4v) is 4.33. The highest BCUT2D eigenvalue weighted by Gasteiger charge is 2.24. The zero-order valence-corrected chi connectivity index (χ0v) is 20.9.